The van der Waals surface area contributed by atoms with Gasteiger partial charge >= 0.3 is 5.97 Å². The van der Waals surface area contributed by atoms with E-state index in [1.807, 2.05) is 0 Å². The van der Waals surface area contributed by atoms with Crippen molar-refractivity contribution in [2.75, 3.05) is 5.43 Å². The van der Waals surface area contributed by atoms with Crippen LogP contribution in [0, 0.1) is 5.92 Å². The number of aliphatic carboxylic acids is 1. The number of hydrogen-bond donors (Lipinski definition) is 4. The first-order chi connectivity index (χ1) is 14.4. The van der Waals surface area contributed by atoms with Crippen molar-refractivity contribution < 1.29 is 40.6 Å². The average Bonchev–Trinajstić information content (AvgIpc) is 3.02. The third-order valence-corrected chi connectivity index (χ3v) is 6.03. The molecule has 0 radical (unpaired) electrons. The quantitative estimate of drug-likeness (QED) is 0.357. The minimum Gasteiger partial charge on any atom is -0.481 e. The van der Waals surface area contributed by atoms with Gasteiger partial charge in [-0.2, -0.15) is 21.9 Å². The molecule has 1 aliphatic carbocycles. The number of carbonyl (C=O) groups is 2. The molecule has 1 atom stereocenters. The van der Waals surface area contributed by atoms with E-state index in [1.54, 1.807) is 0 Å². The fraction of sp³-hybridized carbons (Fsp3) is 0.0556. The van der Waals surface area contributed by atoms with Crippen LogP contribution in [0.4, 0.5) is 5.69 Å². The van der Waals surface area contributed by atoms with E-state index in [0.29, 0.717) is 0 Å². The predicted octanol–water partition coefficient (Wildman–Crippen LogP) is 1.31. The number of Topliss-reactive ketones (excluding diaryl/α,β-unsaturated/α-hetero) is 1. The van der Waals surface area contributed by atoms with Crippen LogP contribution in [0.2, 0.25) is 0 Å². The van der Waals surface area contributed by atoms with Crippen molar-refractivity contribution >= 4 is 49.0 Å². The number of ketones is 1. The van der Waals surface area contributed by atoms with Gasteiger partial charge in [-0.05, 0) is 42.0 Å². The third kappa shape index (κ3) is 4.86. The number of carbonyl (C=O) groups excluding carboxylic acids is 1. The first kappa shape index (κ1) is 22.3. The molecular formula is C18H14N2O9S2. The monoisotopic (exact) mass is 466 g/mol. The van der Waals surface area contributed by atoms with Gasteiger partial charge in [0.1, 0.15) is 11.6 Å². The maximum Gasteiger partial charge on any atom is 0.316 e. The highest BCUT2D eigenvalue weighted by atomic mass is 32.2. The Kier molecular flexibility index (Phi) is 5.78. The number of nitrogens with one attached hydrogen (secondary N) is 1. The van der Waals surface area contributed by atoms with Crippen molar-refractivity contribution in [2.24, 2.45) is 11.0 Å². The largest absolute Gasteiger partial charge is 0.481 e. The summed E-state index contributed by atoms with van der Waals surface area (Å²) in [6.07, 6.45) is 1.16. The van der Waals surface area contributed by atoms with Crippen LogP contribution >= 0.6 is 0 Å². The molecule has 11 nitrogen and oxygen atoms in total. The smallest absolute Gasteiger partial charge is 0.316 e. The van der Waals surface area contributed by atoms with Gasteiger partial charge in [0.15, 0.2) is 0 Å². The minimum absolute atomic E-state index is 0.0171. The molecule has 0 aliphatic heterocycles. The number of hydrogen-bond acceptors (Lipinski definition) is 8. The van der Waals surface area contributed by atoms with E-state index in [1.165, 1.54) is 24.3 Å². The van der Waals surface area contributed by atoms with Gasteiger partial charge in [0.05, 0.1) is 15.5 Å². The van der Waals surface area contributed by atoms with Gasteiger partial charge in [-0.15, -0.1) is 0 Å². The van der Waals surface area contributed by atoms with Crippen molar-refractivity contribution in [3.63, 3.8) is 0 Å². The Hall–Kier alpha value is -3.39. The van der Waals surface area contributed by atoms with Crippen LogP contribution in [-0.4, -0.2) is 48.5 Å². The van der Waals surface area contributed by atoms with Gasteiger partial charge in [0, 0.05) is 5.57 Å². The number of carboxylic acid groups (broad SMARTS) is 1. The summed E-state index contributed by atoms with van der Waals surface area (Å²) in [5.74, 6) is -3.44. The second-order valence-electron chi connectivity index (χ2n) is 6.33. The summed E-state index contributed by atoms with van der Waals surface area (Å²) in [5, 5.41) is 13.3. The normalized spacial score (nSPS) is 18.1. The second kappa shape index (κ2) is 8.03. The highest BCUT2D eigenvalue weighted by Gasteiger charge is 2.37. The second-order valence-corrected chi connectivity index (χ2v) is 9.18. The predicted molar refractivity (Wildman–Crippen MR) is 108 cm³/mol. The fourth-order valence-corrected chi connectivity index (χ4v) is 3.73. The molecule has 0 spiro atoms. The van der Waals surface area contributed by atoms with Crippen molar-refractivity contribution in [1.82, 2.24) is 0 Å². The van der Waals surface area contributed by atoms with Gasteiger partial charge in [-0.3, -0.25) is 24.1 Å². The molecule has 0 fully saturated rings. The molecule has 13 heteroatoms. The number of hydrazone groups is 1. The van der Waals surface area contributed by atoms with Crippen LogP contribution in [0.5, 0.6) is 0 Å². The molecule has 162 valence electrons. The molecule has 2 aromatic carbocycles. The lowest BCUT2D eigenvalue weighted by molar-refractivity contribution is -0.138. The summed E-state index contributed by atoms with van der Waals surface area (Å²) >= 11 is 0. The van der Waals surface area contributed by atoms with E-state index in [4.69, 9.17) is 9.11 Å². The Bertz CT molecular complexity index is 1330. The Balaban J connectivity index is 1.88. The van der Waals surface area contributed by atoms with Crippen molar-refractivity contribution in [3.8, 4) is 0 Å². The summed E-state index contributed by atoms with van der Waals surface area (Å²) in [5.41, 5.74) is 2.55. The number of carboxylic acids is 1. The zero-order chi connectivity index (χ0) is 23.0. The van der Waals surface area contributed by atoms with Gasteiger partial charge in [-0.25, -0.2) is 0 Å². The lowest BCUT2D eigenvalue weighted by Crippen LogP contribution is -2.24. The lowest BCUT2D eigenvalue weighted by atomic mass is 10.0. The number of allylic oxidation sites excluding steroid dienone is 1. The molecular weight excluding hydrogens is 452 g/mol. The Morgan fingerprint density at radius 3 is 1.81 bits per heavy atom. The van der Waals surface area contributed by atoms with E-state index in [2.05, 4.69) is 10.5 Å². The first-order valence-electron chi connectivity index (χ1n) is 8.36. The number of rotatable bonds is 6. The van der Waals surface area contributed by atoms with E-state index in [0.717, 1.165) is 30.3 Å². The van der Waals surface area contributed by atoms with Gasteiger partial charge in [-0.1, -0.05) is 18.2 Å². The van der Waals surface area contributed by atoms with E-state index in [-0.39, 0.29) is 32.3 Å². The zero-order valence-corrected chi connectivity index (χ0v) is 17.0. The number of nitrogens with zero attached hydrogens (tertiary/aromatic N) is 1. The van der Waals surface area contributed by atoms with Crippen LogP contribution in [-0.2, 0) is 29.8 Å². The molecule has 31 heavy (non-hydrogen) atoms. The Morgan fingerprint density at radius 1 is 0.871 bits per heavy atom. The molecule has 0 amide bonds. The van der Waals surface area contributed by atoms with Crippen LogP contribution in [0.1, 0.15) is 5.56 Å². The van der Waals surface area contributed by atoms with Crippen LogP contribution < -0.4 is 5.43 Å². The van der Waals surface area contributed by atoms with Crippen LogP contribution in [0.3, 0.4) is 0 Å². The molecule has 4 N–H and O–H groups in total. The maximum absolute atomic E-state index is 12.7. The number of anilines is 1. The zero-order valence-electron chi connectivity index (χ0n) is 15.3. The maximum atomic E-state index is 12.7. The van der Waals surface area contributed by atoms with Gasteiger partial charge in [0.2, 0.25) is 5.78 Å². The van der Waals surface area contributed by atoms with Gasteiger partial charge in [0.25, 0.3) is 20.2 Å². The SMILES string of the molecule is O=C1C(c2ccc(S(=O)(=O)O)cc2)=CC(C(=O)O)C1=NNc1ccc(S(=O)(=O)O)cc1. The molecule has 3 rings (SSSR count). The summed E-state index contributed by atoms with van der Waals surface area (Å²) in [4.78, 5) is 23.6. The first-order valence-corrected chi connectivity index (χ1v) is 11.2. The lowest BCUT2D eigenvalue weighted by Gasteiger charge is -2.06. The van der Waals surface area contributed by atoms with E-state index in [9.17, 15) is 31.5 Å². The van der Waals surface area contributed by atoms with Crippen molar-refractivity contribution in [2.45, 2.75) is 9.79 Å². The highest BCUT2D eigenvalue weighted by Crippen LogP contribution is 2.28. The van der Waals surface area contributed by atoms with Crippen LogP contribution in [0.25, 0.3) is 5.57 Å². The fourth-order valence-electron chi connectivity index (χ4n) is 2.77. The number of benzene rings is 2. The summed E-state index contributed by atoms with van der Waals surface area (Å²) in [7, 11) is -8.82. The molecule has 0 aromatic heterocycles. The molecule has 0 bridgehead atoms. The summed E-state index contributed by atoms with van der Waals surface area (Å²) in [6, 6.07) is 9.31. The molecule has 0 heterocycles. The average molecular weight is 466 g/mol. The van der Waals surface area contributed by atoms with Gasteiger partial charge < -0.3 is 5.11 Å². The third-order valence-electron chi connectivity index (χ3n) is 4.29. The molecule has 1 unspecified atom stereocenters. The molecule has 1 aliphatic rings. The Morgan fingerprint density at radius 2 is 1.35 bits per heavy atom. The Labute approximate surface area is 176 Å². The van der Waals surface area contributed by atoms with Crippen LogP contribution in [0.15, 0.2) is 69.5 Å². The molecule has 2 aromatic rings. The van der Waals surface area contributed by atoms with Crippen molar-refractivity contribution in [3.05, 3.63) is 60.2 Å². The highest BCUT2D eigenvalue weighted by molar-refractivity contribution is 7.86. The summed E-state index contributed by atoms with van der Waals surface area (Å²) in [6.45, 7) is 0. The van der Waals surface area contributed by atoms with E-state index >= 15 is 0 Å². The topological polar surface area (TPSA) is 187 Å². The van der Waals surface area contributed by atoms with E-state index < -0.39 is 37.9 Å². The molecule has 0 saturated carbocycles. The van der Waals surface area contributed by atoms with Crippen molar-refractivity contribution in [1.29, 1.82) is 0 Å². The standard InChI is InChI=1S/C18H14N2O9S2/c21-17-14(10-1-5-12(6-2-10)30(24,25)26)9-15(18(22)23)16(17)20-19-11-3-7-13(8-4-11)31(27,28)29/h1-9,15,19H,(H,22,23)(H,24,25,26)(H,27,28,29). The minimum atomic E-state index is -4.43. The molecule has 0 saturated heterocycles. The summed E-state index contributed by atoms with van der Waals surface area (Å²) < 4.78 is 62.4.